The van der Waals surface area contributed by atoms with Gasteiger partial charge in [-0.15, -0.1) is 6.58 Å². The standard InChI is InChI=1S/C17H31NO2/c1-6-10-17(4,5)20-14-11-16(2,3)18-12-7-8-15(19)9-13-18/h6H,1,7-14H2,2-5H3. The first kappa shape index (κ1) is 17.4. The molecule has 20 heavy (non-hydrogen) atoms. The Hall–Kier alpha value is -0.670. The lowest BCUT2D eigenvalue weighted by atomic mass is 9.97. The maximum Gasteiger partial charge on any atom is 0.134 e. The van der Waals surface area contributed by atoms with Crippen molar-refractivity contribution in [3.63, 3.8) is 0 Å². The largest absolute Gasteiger partial charge is 0.375 e. The van der Waals surface area contributed by atoms with Crippen LogP contribution in [0.15, 0.2) is 12.7 Å². The van der Waals surface area contributed by atoms with Gasteiger partial charge in [0, 0.05) is 31.5 Å². The number of likely N-dealkylation sites (tertiary alicyclic amines) is 1. The molecule has 0 aliphatic carbocycles. The van der Waals surface area contributed by atoms with Crippen LogP contribution in [-0.4, -0.2) is 41.5 Å². The third-order valence-corrected chi connectivity index (χ3v) is 4.24. The van der Waals surface area contributed by atoms with E-state index in [4.69, 9.17) is 4.74 Å². The van der Waals surface area contributed by atoms with E-state index in [2.05, 4.69) is 39.2 Å². The summed E-state index contributed by atoms with van der Waals surface area (Å²) in [6, 6.07) is 0. The second kappa shape index (κ2) is 7.37. The van der Waals surface area contributed by atoms with E-state index in [0.29, 0.717) is 12.2 Å². The van der Waals surface area contributed by atoms with Crippen LogP contribution in [0.1, 0.15) is 59.8 Å². The molecule has 1 fully saturated rings. The van der Waals surface area contributed by atoms with E-state index >= 15 is 0 Å². The van der Waals surface area contributed by atoms with Crippen LogP contribution in [-0.2, 0) is 9.53 Å². The first-order valence-electron chi connectivity index (χ1n) is 7.78. The van der Waals surface area contributed by atoms with Gasteiger partial charge in [0.25, 0.3) is 0 Å². The SMILES string of the molecule is C=CCC(C)(C)OCCC(C)(C)N1CCCC(=O)CC1. The molecule has 0 spiro atoms. The van der Waals surface area contributed by atoms with Gasteiger partial charge in [-0.2, -0.15) is 0 Å². The van der Waals surface area contributed by atoms with Gasteiger partial charge in [-0.25, -0.2) is 0 Å². The molecule has 0 amide bonds. The number of nitrogens with zero attached hydrogens (tertiary/aromatic N) is 1. The lowest BCUT2D eigenvalue weighted by Crippen LogP contribution is -2.45. The number of ketones is 1. The molecule has 0 saturated carbocycles. The van der Waals surface area contributed by atoms with Crippen LogP contribution in [0.25, 0.3) is 0 Å². The van der Waals surface area contributed by atoms with Crippen LogP contribution in [0.3, 0.4) is 0 Å². The summed E-state index contributed by atoms with van der Waals surface area (Å²) < 4.78 is 5.98. The van der Waals surface area contributed by atoms with E-state index in [9.17, 15) is 4.79 Å². The molecule has 3 heteroatoms. The van der Waals surface area contributed by atoms with Crippen LogP contribution < -0.4 is 0 Å². The van der Waals surface area contributed by atoms with Crippen LogP contribution in [0, 0.1) is 0 Å². The van der Waals surface area contributed by atoms with Gasteiger partial charge in [-0.05, 0) is 53.5 Å². The molecule has 0 aromatic heterocycles. The molecule has 0 bridgehead atoms. The minimum Gasteiger partial charge on any atom is -0.375 e. The Balaban J connectivity index is 2.44. The molecule has 0 atom stereocenters. The van der Waals surface area contributed by atoms with Crippen LogP contribution in [0.2, 0.25) is 0 Å². The Kier molecular flexibility index (Phi) is 6.41. The molecule has 1 saturated heterocycles. The summed E-state index contributed by atoms with van der Waals surface area (Å²) in [5.41, 5.74) is -0.0402. The molecule has 0 radical (unpaired) electrons. The average molecular weight is 281 g/mol. The highest BCUT2D eigenvalue weighted by Crippen LogP contribution is 2.24. The molecule has 1 heterocycles. The lowest BCUT2D eigenvalue weighted by Gasteiger charge is -2.38. The van der Waals surface area contributed by atoms with E-state index in [1.807, 2.05) is 6.08 Å². The Labute approximate surface area is 124 Å². The summed E-state index contributed by atoms with van der Waals surface area (Å²) in [7, 11) is 0. The normalized spacial score (nSPS) is 18.9. The summed E-state index contributed by atoms with van der Waals surface area (Å²) in [6.07, 6.45) is 6.20. The zero-order valence-electron chi connectivity index (χ0n) is 13.7. The maximum atomic E-state index is 11.5. The van der Waals surface area contributed by atoms with E-state index in [1.54, 1.807) is 0 Å². The molecule has 116 valence electrons. The van der Waals surface area contributed by atoms with Crippen molar-refractivity contribution in [2.75, 3.05) is 19.7 Å². The summed E-state index contributed by atoms with van der Waals surface area (Å²) in [6.45, 7) is 15.2. The number of ether oxygens (including phenoxy) is 1. The molecule has 0 N–H and O–H groups in total. The van der Waals surface area contributed by atoms with Crippen molar-refractivity contribution < 1.29 is 9.53 Å². The highest BCUT2D eigenvalue weighted by molar-refractivity contribution is 5.78. The van der Waals surface area contributed by atoms with Crippen LogP contribution in [0.5, 0.6) is 0 Å². The first-order chi connectivity index (χ1) is 9.27. The van der Waals surface area contributed by atoms with Crippen molar-refractivity contribution in [1.82, 2.24) is 4.90 Å². The van der Waals surface area contributed by atoms with Gasteiger partial charge in [-0.1, -0.05) is 6.08 Å². The van der Waals surface area contributed by atoms with E-state index < -0.39 is 0 Å². The molecular formula is C17H31NO2. The van der Waals surface area contributed by atoms with Crippen LogP contribution >= 0.6 is 0 Å². The fraction of sp³-hybridized carbons (Fsp3) is 0.824. The number of hydrogen-bond acceptors (Lipinski definition) is 3. The fourth-order valence-electron chi connectivity index (χ4n) is 2.71. The second-order valence-electron chi connectivity index (χ2n) is 7.04. The average Bonchev–Trinajstić information content (AvgIpc) is 2.53. The number of carbonyl (C=O) groups is 1. The molecule has 3 nitrogen and oxygen atoms in total. The van der Waals surface area contributed by atoms with Crippen molar-refractivity contribution >= 4 is 5.78 Å². The van der Waals surface area contributed by atoms with Gasteiger partial charge in [0.05, 0.1) is 5.60 Å². The van der Waals surface area contributed by atoms with E-state index in [-0.39, 0.29) is 11.1 Å². The topological polar surface area (TPSA) is 29.5 Å². The smallest absolute Gasteiger partial charge is 0.134 e. The monoisotopic (exact) mass is 281 g/mol. The third-order valence-electron chi connectivity index (χ3n) is 4.24. The molecule has 1 rings (SSSR count). The predicted molar refractivity (Wildman–Crippen MR) is 84.0 cm³/mol. The third kappa shape index (κ3) is 5.76. The summed E-state index contributed by atoms with van der Waals surface area (Å²) in [5.74, 6) is 0.409. The molecular weight excluding hydrogens is 250 g/mol. The quantitative estimate of drug-likeness (QED) is 0.668. The van der Waals surface area contributed by atoms with Crippen LogP contribution in [0.4, 0.5) is 0 Å². The van der Waals surface area contributed by atoms with Gasteiger partial charge in [0.1, 0.15) is 5.78 Å². The van der Waals surface area contributed by atoms with E-state index in [1.165, 1.54) is 0 Å². The zero-order chi connectivity index (χ0) is 15.2. The van der Waals surface area contributed by atoms with Crippen molar-refractivity contribution in [3.05, 3.63) is 12.7 Å². The molecule has 1 aliphatic rings. The van der Waals surface area contributed by atoms with E-state index in [0.717, 1.165) is 45.4 Å². The summed E-state index contributed by atoms with van der Waals surface area (Å²) >= 11 is 0. The lowest BCUT2D eigenvalue weighted by molar-refractivity contribution is -0.118. The number of rotatable bonds is 7. The highest BCUT2D eigenvalue weighted by atomic mass is 16.5. The van der Waals surface area contributed by atoms with Crippen molar-refractivity contribution in [3.8, 4) is 0 Å². The molecule has 1 aliphatic heterocycles. The Morgan fingerprint density at radius 2 is 1.95 bits per heavy atom. The molecule has 0 aromatic carbocycles. The Bertz CT molecular complexity index is 334. The van der Waals surface area contributed by atoms with Gasteiger partial charge in [0.15, 0.2) is 0 Å². The minimum atomic E-state index is -0.132. The fourth-order valence-corrected chi connectivity index (χ4v) is 2.71. The number of carbonyl (C=O) groups excluding carboxylic acids is 1. The minimum absolute atomic E-state index is 0.0921. The van der Waals surface area contributed by atoms with Crippen molar-refractivity contribution in [1.29, 1.82) is 0 Å². The highest BCUT2D eigenvalue weighted by Gasteiger charge is 2.29. The molecule has 0 aromatic rings. The summed E-state index contributed by atoms with van der Waals surface area (Å²) in [5, 5.41) is 0. The molecule has 0 unspecified atom stereocenters. The van der Waals surface area contributed by atoms with Gasteiger partial charge >= 0.3 is 0 Å². The zero-order valence-corrected chi connectivity index (χ0v) is 13.7. The first-order valence-corrected chi connectivity index (χ1v) is 7.78. The predicted octanol–water partition coefficient (Wildman–Crippen LogP) is 3.58. The Morgan fingerprint density at radius 3 is 2.60 bits per heavy atom. The Morgan fingerprint density at radius 1 is 1.25 bits per heavy atom. The number of hydrogen-bond donors (Lipinski definition) is 0. The second-order valence-corrected chi connectivity index (χ2v) is 7.04. The van der Waals surface area contributed by atoms with Gasteiger partial charge < -0.3 is 4.74 Å². The maximum absolute atomic E-state index is 11.5. The number of Topliss-reactive ketones (excluding diaryl/α,β-unsaturated/α-hetero) is 1. The van der Waals surface area contributed by atoms with Crippen molar-refractivity contribution in [2.45, 2.75) is 70.9 Å². The summed E-state index contributed by atoms with van der Waals surface area (Å²) in [4.78, 5) is 14.0. The van der Waals surface area contributed by atoms with Crippen molar-refractivity contribution in [2.24, 2.45) is 0 Å². The van der Waals surface area contributed by atoms with Gasteiger partial charge in [0.2, 0.25) is 0 Å². The van der Waals surface area contributed by atoms with Gasteiger partial charge in [-0.3, -0.25) is 9.69 Å².